The van der Waals surface area contributed by atoms with Crippen LogP contribution < -0.4 is 4.74 Å². The molecule has 0 radical (unpaired) electrons. The molecule has 3 rings (SSSR count). The van der Waals surface area contributed by atoms with Crippen molar-refractivity contribution in [1.29, 1.82) is 0 Å². The van der Waals surface area contributed by atoms with Crippen LogP contribution in [0.25, 0.3) is 0 Å². The van der Waals surface area contributed by atoms with E-state index in [0.29, 0.717) is 25.4 Å². The maximum Gasteiger partial charge on any atom is 0.407 e. The normalized spacial score (nSPS) is 18.1. The fourth-order valence-corrected chi connectivity index (χ4v) is 3.02. The second-order valence-corrected chi connectivity index (χ2v) is 6.12. The van der Waals surface area contributed by atoms with E-state index in [4.69, 9.17) is 4.74 Å². The highest BCUT2D eigenvalue weighted by molar-refractivity contribution is 5.65. The molecule has 1 heterocycles. The Bertz CT molecular complexity index is 694. The van der Waals surface area contributed by atoms with Gasteiger partial charge in [0.05, 0.1) is 6.04 Å². The van der Waals surface area contributed by atoms with Gasteiger partial charge < -0.3 is 9.84 Å². The molecule has 2 aromatic carbocycles. The second-order valence-electron chi connectivity index (χ2n) is 6.12. The largest absolute Gasteiger partial charge is 0.491 e. The molecule has 0 aliphatic carbocycles. The summed E-state index contributed by atoms with van der Waals surface area (Å²) in [6, 6.07) is 15.6. The Labute approximate surface area is 146 Å². The number of halogens is 1. The summed E-state index contributed by atoms with van der Waals surface area (Å²) in [6.45, 7) is 2.75. The van der Waals surface area contributed by atoms with Gasteiger partial charge in [0.1, 0.15) is 18.2 Å². The lowest BCUT2D eigenvalue weighted by Crippen LogP contribution is -2.56. The molecule has 2 aromatic rings. The van der Waals surface area contributed by atoms with E-state index < -0.39 is 6.09 Å². The molecule has 0 unspecified atom stereocenters. The van der Waals surface area contributed by atoms with Crippen LogP contribution in [-0.2, 0) is 6.54 Å². The zero-order valence-corrected chi connectivity index (χ0v) is 13.8. The fourth-order valence-electron chi connectivity index (χ4n) is 3.02. The van der Waals surface area contributed by atoms with Crippen molar-refractivity contribution in [3.05, 3.63) is 66.0 Å². The van der Waals surface area contributed by atoms with Gasteiger partial charge in [-0.2, -0.15) is 0 Å². The number of carboxylic acid groups (broad SMARTS) is 1. The summed E-state index contributed by atoms with van der Waals surface area (Å²) >= 11 is 0. The number of carbonyl (C=O) groups is 1. The monoisotopic (exact) mass is 344 g/mol. The molecular weight excluding hydrogens is 323 g/mol. The molecule has 1 amide bonds. The molecule has 1 aliphatic heterocycles. The number of benzene rings is 2. The lowest BCUT2D eigenvalue weighted by molar-refractivity contribution is 0.0437. The van der Waals surface area contributed by atoms with Crippen LogP contribution in [0, 0.1) is 5.82 Å². The minimum Gasteiger partial charge on any atom is -0.491 e. The van der Waals surface area contributed by atoms with Crippen molar-refractivity contribution in [1.82, 2.24) is 9.80 Å². The molecule has 6 heteroatoms. The second kappa shape index (κ2) is 7.98. The first kappa shape index (κ1) is 17.2. The minimum absolute atomic E-state index is 0.239. The first-order chi connectivity index (χ1) is 12.1. The molecule has 0 aromatic heterocycles. The van der Waals surface area contributed by atoms with E-state index in [1.54, 1.807) is 12.1 Å². The summed E-state index contributed by atoms with van der Waals surface area (Å²) in [5, 5.41) is 9.42. The maximum absolute atomic E-state index is 13.0. The Morgan fingerprint density at radius 1 is 1.12 bits per heavy atom. The van der Waals surface area contributed by atoms with Crippen LogP contribution in [0.1, 0.15) is 5.56 Å². The third kappa shape index (κ3) is 4.70. The zero-order chi connectivity index (χ0) is 17.6. The van der Waals surface area contributed by atoms with Crippen LogP contribution in [0.15, 0.2) is 54.6 Å². The highest BCUT2D eigenvalue weighted by Gasteiger charge is 2.30. The summed E-state index contributed by atoms with van der Waals surface area (Å²) in [5.41, 5.74) is 1.20. The smallest absolute Gasteiger partial charge is 0.407 e. The summed E-state index contributed by atoms with van der Waals surface area (Å²) in [6.07, 6.45) is -0.938. The number of ether oxygens (including phenoxy) is 1. The Kier molecular flexibility index (Phi) is 5.50. The first-order valence-corrected chi connectivity index (χ1v) is 8.26. The molecule has 1 N–H and O–H groups in total. The number of hydrogen-bond acceptors (Lipinski definition) is 3. The number of hydrogen-bond donors (Lipinski definition) is 1. The van der Waals surface area contributed by atoms with Crippen molar-refractivity contribution in [2.45, 2.75) is 12.6 Å². The van der Waals surface area contributed by atoms with Crippen LogP contribution in [0.5, 0.6) is 5.75 Å². The molecule has 1 saturated heterocycles. The molecule has 0 saturated carbocycles. The zero-order valence-electron chi connectivity index (χ0n) is 13.8. The minimum atomic E-state index is -0.938. The number of amides is 1. The topological polar surface area (TPSA) is 53.0 Å². The van der Waals surface area contributed by atoms with Crippen molar-refractivity contribution in [3.63, 3.8) is 0 Å². The van der Waals surface area contributed by atoms with Crippen LogP contribution in [0.3, 0.4) is 0 Å². The van der Waals surface area contributed by atoms with E-state index >= 15 is 0 Å². The van der Waals surface area contributed by atoms with E-state index in [-0.39, 0.29) is 18.5 Å². The maximum atomic E-state index is 13.0. The lowest BCUT2D eigenvalue weighted by atomic mass is 10.1. The van der Waals surface area contributed by atoms with Crippen LogP contribution >= 0.6 is 0 Å². The van der Waals surface area contributed by atoms with Crippen molar-refractivity contribution >= 4 is 6.09 Å². The molecule has 0 bridgehead atoms. The highest BCUT2D eigenvalue weighted by Crippen LogP contribution is 2.17. The molecule has 5 nitrogen and oxygen atoms in total. The summed E-state index contributed by atoms with van der Waals surface area (Å²) in [5.74, 6) is 0.207. The lowest BCUT2D eigenvalue weighted by Gasteiger charge is -2.39. The molecule has 1 fully saturated rings. The van der Waals surface area contributed by atoms with Gasteiger partial charge in [0, 0.05) is 26.2 Å². The Balaban J connectivity index is 1.62. The first-order valence-electron chi connectivity index (χ1n) is 8.26. The van der Waals surface area contributed by atoms with Crippen LogP contribution in [0.4, 0.5) is 9.18 Å². The van der Waals surface area contributed by atoms with E-state index in [1.165, 1.54) is 22.6 Å². The van der Waals surface area contributed by atoms with E-state index in [1.807, 2.05) is 18.2 Å². The van der Waals surface area contributed by atoms with Gasteiger partial charge in [0.2, 0.25) is 0 Å². The summed E-state index contributed by atoms with van der Waals surface area (Å²) in [4.78, 5) is 15.1. The van der Waals surface area contributed by atoms with Crippen molar-refractivity contribution in [3.8, 4) is 5.75 Å². The van der Waals surface area contributed by atoms with Gasteiger partial charge in [-0.25, -0.2) is 9.18 Å². The SMILES string of the molecule is O=C(O)N1CCN(Cc2ccccc2)C[C@H]1COc1ccc(F)cc1. The Hall–Kier alpha value is -2.60. The fraction of sp³-hybridized carbons (Fsp3) is 0.316. The predicted molar refractivity (Wildman–Crippen MR) is 92.1 cm³/mol. The van der Waals surface area contributed by atoms with Gasteiger partial charge >= 0.3 is 6.09 Å². The van der Waals surface area contributed by atoms with Crippen molar-refractivity contribution < 1.29 is 19.0 Å². The van der Waals surface area contributed by atoms with E-state index in [0.717, 1.165) is 6.54 Å². The number of rotatable bonds is 5. The summed E-state index contributed by atoms with van der Waals surface area (Å²) < 4.78 is 18.6. The average molecular weight is 344 g/mol. The molecule has 25 heavy (non-hydrogen) atoms. The number of piperazine rings is 1. The third-order valence-corrected chi connectivity index (χ3v) is 4.32. The molecular formula is C19H21FN2O3. The van der Waals surface area contributed by atoms with E-state index in [9.17, 15) is 14.3 Å². The standard InChI is InChI=1S/C19H21FN2O3/c20-16-6-8-18(9-7-16)25-14-17-13-21(10-11-22(17)19(23)24)12-15-4-2-1-3-5-15/h1-9,17H,10-14H2,(H,23,24)/t17-/m0/s1. The average Bonchev–Trinajstić information content (AvgIpc) is 2.62. The summed E-state index contributed by atoms with van der Waals surface area (Å²) in [7, 11) is 0. The number of nitrogens with zero attached hydrogens (tertiary/aromatic N) is 2. The van der Waals surface area contributed by atoms with Gasteiger partial charge in [0.25, 0.3) is 0 Å². The van der Waals surface area contributed by atoms with Crippen molar-refractivity contribution in [2.24, 2.45) is 0 Å². The van der Waals surface area contributed by atoms with Gasteiger partial charge in [-0.05, 0) is 29.8 Å². The molecule has 132 valence electrons. The third-order valence-electron chi connectivity index (χ3n) is 4.32. The predicted octanol–water partition coefficient (Wildman–Crippen LogP) is 3.07. The van der Waals surface area contributed by atoms with Crippen LogP contribution in [0.2, 0.25) is 0 Å². The quantitative estimate of drug-likeness (QED) is 0.906. The van der Waals surface area contributed by atoms with Gasteiger partial charge in [-0.1, -0.05) is 30.3 Å². The van der Waals surface area contributed by atoms with E-state index in [2.05, 4.69) is 17.0 Å². The molecule has 1 atom stereocenters. The van der Waals surface area contributed by atoms with Crippen molar-refractivity contribution in [2.75, 3.05) is 26.2 Å². The Morgan fingerprint density at radius 2 is 1.84 bits per heavy atom. The van der Waals surface area contributed by atoms with Gasteiger partial charge in [-0.3, -0.25) is 9.80 Å². The van der Waals surface area contributed by atoms with Gasteiger partial charge in [0.15, 0.2) is 0 Å². The molecule has 0 spiro atoms. The van der Waals surface area contributed by atoms with Crippen LogP contribution in [-0.4, -0.2) is 53.3 Å². The highest BCUT2D eigenvalue weighted by atomic mass is 19.1. The Morgan fingerprint density at radius 3 is 2.52 bits per heavy atom. The van der Waals surface area contributed by atoms with Gasteiger partial charge in [-0.15, -0.1) is 0 Å². The molecule has 1 aliphatic rings.